The fourth-order valence-electron chi connectivity index (χ4n) is 3.09. The maximum absolute atomic E-state index is 6.15. The Morgan fingerprint density at radius 1 is 0.857 bits per heavy atom. The summed E-state index contributed by atoms with van der Waals surface area (Å²) in [5.41, 5.74) is 0.152. The van der Waals surface area contributed by atoms with Gasteiger partial charge in [-0.1, -0.05) is 64.7 Å². The highest BCUT2D eigenvalue weighted by atomic mass is 35.5. The second-order valence-electron chi connectivity index (χ2n) is 6.64. The average molecular weight is 318 g/mol. The fraction of sp³-hybridized carbons (Fsp3) is 1.00. The van der Waals surface area contributed by atoms with Crippen molar-refractivity contribution in [2.24, 2.45) is 0 Å². The van der Waals surface area contributed by atoms with Crippen molar-refractivity contribution in [2.45, 2.75) is 89.5 Å². The molecule has 0 bridgehead atoms. The lowest BCUT2D eigenvalue weighted by Crippen LogP contribution is -2.51. The van der Waals surface area contributed by atoms with E-state index in [9.17, 15) is 0 Å². The zero-order valence-electron chi connectivity index (χ0n) is 14.1. The molecule has 1 aliphatic rings. The molecule has 0 atom stereocenters. The number of alkyl halides is 1. The van der Waals surface area contributed by atoms with Gasteiger partial charge in [0.1, 0.15) is 0 Å². The molecule has 1 aliphatic heterocycles. The van der Waals surface area contributed by atoms with Gasteiger partial charge >= 0.3 is 0 Å². The molecule has 0 saturated carbocycles. The molecule has 1 fully saturated rings. The van der Waals surface area contributed by atoms with Gasteiger partial charge in [-0.05, 0) is 25.8 Å². The second kappa shape index (κ2) is 12.7. The lowest BCUT2D eigenvalue weighted by molar-refractivity contribution is 0.0465. The summed E-state index contributed by atoms with van der Waals surface area (Å²) < 4.78 is 5.43. The summed E-state index contributed by atoms with van der Waals surface area (Å²) in [7, 11) is 0. The van der Waals surface area contributed by atoms with Gasteiger partial charge < -0.3 is 10.1 Å². The number of nitrogens with one attached hydrogen (secondary N) is 1. The van der Waals surface area contributed by atoms with Crippen LogP contribution < -0.4 is 5.32 Å². The summed E-state index contributed by atoms with van der Waals surface area (Å²) in [5.74, 6) is 0.716. The highest BCUT2D eigenvalue weighted by Crippen LogP contribution is 2.22. The number of hydrogen-bond acceptors (Lipinski definition) is 2. The molecular weight excluding hydrogens is 282 g/mol. The molecule has 1 heterocycles. The van der Waals surface area contributed by atoms with Crippen molar-refractivity contribution in [1.82, 2.24) is 5.32 Å². The quantitative estimate of drug-likeness (QED) is 0.368. The van der Waals surface area contributed by atoms with E-state index in [4.69, 9.17) is 16.3 Å². The number of ether oxygens (including phenoxy) is 1. The van der Waals surface area contributed by atoms with Gasteiger partial charge in [0, 0.05) is 24.6 Å². The molecule has 1 saturated heterocycles. The molecule has 21 heavy (non-hydrogen) atoms. The Kier molecular flexibility index (Phi) is 11.7. The molecule has 3 heteroatoms. The number of rotatable bonds is 13. The first kappa shape index (κ1) is 19.3. The van der Waals surface area contributed by atoms with Gasteiger partial charge in [-0.3, -0.25) is 0 Å². The van der Waals surface area contributed by atoms with Crippen LogP contribution in [0, 0.1) is 0 Å². The predicted octanol–water partition coefficient (Wildman–Crippen LogP) is 5.28. The van der Waals surface area contributed by atoms with Crippen molar-refractivity contribution in [2.75, 3.05) is 25.6 Å². The molecule has 2 nitrogen and oxygen atoms in total. The Labute approximate surface area is 137 Å². The molecule has 0 unspecified atom stereocenters. The van der Waals surface area contributed by atoms with Crippen molar-refractivity contribution in [1.29, 1.82) is 0 Å². The Hall–Kier alpha value is 0.210. The number of halogens is 1. The van der Waals surface area contributed by atoms with E-state index in [2.05, 4.69) is 12.2 Å². The maximum Gasteiger partial charge on any atom is 0.0484 e. The summed E-state index contributed by atoms with van der Waals surface area (Å²) in [6, 6.07) is 0. The molecular formula is C18H36ClNO. The highest BCUT2D eigenvalue weighted by Gasteiger charge is 2.30. The van der Waals surface area contributed by atoms with Crippen LogP contribution in [0.4, 0.5) is 0 Å². The van der Waals surface area contributed by atoms with Crippen LogP contribution in [0.5, 0.6) is 0 Å². The van der Waals surface area contributed by atoms with Crippen LogP contribution in [-0.2, 0) is 4.74 Å². The monoisotopic (exact) mass is 317 g/mol. The Morgan fingerprint density at radius 3 is 1.90 bits per heavy atom. The van der Waals surface area contributed by atoms with Crippen molar-refractivity contribution in [3.05, 3.63) is 0 Å². The van der Waals surface area contributed by atoms with Crippen LogP contribution in [0.15, 0.2) is 0 Å². The van der Waals surface area contributed by atoms with E-state index >= 15 is 0 Å². The minimum Gasteiger partial charge on any atom is -0.381 e. The first-order valence-corrected chi connectivity index (χ1v) is 9.75. The van der Waals surface area contributed by atoms with E-state index in [1.54, 1.807) is 0 Å². The minimum absolute atomic E-state index is 0.152. The normalized spacial score (nSPS) is 18.0. The van der Waals surface area contributed by atoms with E-state index in [1.165, 1.54) is 64.2 Å². The summed E-state index contributed by atoms with van der Waals surface area (Å²) in [4.78, 5) is 0. The van der Waals surface area contributed by atoms with Crippen LogP contribution in [0.2, 0.25) is 0 Å². The van der Waals surface area contributed by atoms with Gasteiger partial charge in [0.05, 0.1) is 0 Å². The highest BCUT2D eigenvalue weighted by molar-refractivity contribution is 6.18. The predicted molar refractivity (Wildman–Crippen MR) is 93.4 cm³/mol. The number of unbranched alkanes of at least 4 members (excludes halogenated alkanes) is 9. The fourth-order valence-corrected chi connectivity index (χ4v) is 3.45. The third-order valence-electron chi connectivity index (χ3n) is 4.74. The Morgan fingerprint density at radius 2 is 1.38 bits per heavy atom. The second-order valence-corrected chi connectivity index (χ2v) is 6.90. The minimum atomic E-state index is 0.152. The molecule has 0 amide bonds. The Balaban J connectivity index is 1.87. The van der Waals surface area contributed by atoms with Crippen molar-refractivity contribution >= 4 is 11.6 Å². The molecule has 0 aromatic heterocycles. The molecule has 0 aromatic rings. The maximum atomic E-state index is 6.15. The van der Waals surface area contributed by atoms with Gasteiger partial charge in [-0.2, -0.15) is 0 Å². The van der Waals surface area contributed by atoms with Crippen molar-refractivity contribution < 1.29 is 4.74 Å². The van der Waals surface area contributed by atoms with Crippen LogP contribution in [0.1, 0.15) is 84.0 Å². The van der Waals surface area contributed by atoms with E-state index < -0.39 is 0 Å². The third-order valence-corrected chi connectivity index (χ3v) is 5.25. The van der Waals surface area contributed by atoms with Crippen LogP contribution >= 0.6 is 11.6 Å². The first-order chi connectivity index (χ1) is 10.3. The summed E-state index contributed by atoms with van der Waals surface area (Å²) in [6.45, 7) is 5.11. The molecule has 0 aliphatic carbocycles. The lowest BCUT2D eigenvalue weighted by atomic mass is 9.92. The van der Waals surface area contributed by atoms with Crippen LogP contribution in [0.3, 0.4) is 0 Å². The molecule has 126 valence electrons. The van der Waals surface area contributed by atoms with E-state index in [-0.39, 0.29) is 5.54 Å². The van der Waals surface area contributed by atoms with Crippen molar-refractivity contribution in [3.63, 3.8) is 0 Å². The summed E-state index contributed by atoms with van der Waals surface area (Å²) >= 11 is 6.15. The van der Waals surface area contributed by atoms with E-state index in [0.29, 0.717) is 5.88 Å². The lowest BCUT2D eigenvalue weighted by Gasteiger charge is -2.36. The molecule has 1 rings (SSSR count). The van der Waals surface area contributed by atoms with Gasteiger partial charge in [0.25, 0.3) is 0 Å². The SMILES string of the molecule is CCCCCCCCCCCCNC1(CCl)CCOCC1. The summed E-state index contributed by atoms with van der Waals surface area (Å²) in [5, 5.41) is 3.70. The standard InChI is InChI=1S/C18H36ClNO/c1-2-3-4-5-6-7-8-9-10-11-14-20-18(17-19)12-15-21-16-13-18/h20H,2-17H2,1H3. The number of hydrogen-bond donors (Lipinski definition) is 1. The van der Waals surface area contributed by atoms with Gasteiger partial charge in [0.15, 0.2) is 0 Å². The van der Waals surface area contributed by atoms with Gasteiger partial charge in [-0.15, -0.1) is 11.6 Å². The van der Waals surface area contributed by atoms with E-state index in [1.807, 2.05) is 0 Å². The Bertz CT molecular complexity index is 229. The third kappa shape index (κ3) is 9.05. The smallest absolute Gasteiger partial charge is 0.0484 e. The van der Waals surface area contributed by atoms with Gasteiger partial charge in [-0.25, -0.2) is 0 Å². The zero-order valence-corrected chi connectivity index (χ0v) is 14.9. The van der Waals surface area contributed by atoms with Crippen LogP contribution in [0.25, 0.3) is 0 Å². The molecule has 1 N–H and O–H groups in total. The first-order valence-electron chi connectivity index (χ1n) is 9.22. The molecule has 0 radical (unpaired) electrons. The van der Waals surface area contributed by atoms with E-state index in [0.717, 1.165) is 32.6 Å². The van der Waals surface area contributed by atoms with Gasteiger partial charge in [0.2, 0.25) is 0 Å². The zero-order chi connectivity index (χ0) is 15.2. The molecule has 0 aromatic carbocycles. The van der Waals surface area contributed by atoms with Crippen molar-refractivity contribution in [3.8, 4) is 0 Å². The topological polar surface area (TPSA) is 21.3 Å². The van der Waals surface area contributed by atoms with Crippen LogP contribution in [-0.4, -0.2) is 31.2 Å². The largest absolute Gasteiger partial charge is 0.381 e. The average Bonchev–Trinajstić information content (AvgIpc) is 2.53. The summed E-state index contributed by atoms with van der Waals surface area (Å²) in [6.07, 6.45) is 16.1. The molecule has 0 spiro atoms.